The molecule has 0 aliphatic carbocycles. The van der Waals surface area contributed by atoms with Crippen LogP contribution in [0.2, 0.25) is 0 Å². The second-order valence-corrected chi connectivity index (χ2v) is 6.58. The quantitative estimate of drug-likeness (QED) is 0.916. The molecule has 4 nitrogen and oxygen atoms in total. The Kier molecular flexibility index (Phi) is 4.11. The van der Waals surface area contributed by atoms with Crippen molar-refractivity contribution < 1.29 is 9.90 Å². The van der Waals surface area contributed by atoms with Crippen molar-refractivity contribution in [3.63, 3.8) is 0 Å². The lowest BCUT2D eigenvalue weighted by atomic mass is 10.4. The van der Waals surface area contributed by atoms with Crippen molar-refractivity contribution in [1.82, 2.24) is 9.88 Å². The van der Waals surface area contributed by atoms with Crippen LogP contribution < -0.4 is 0 Å². The first kappa shape index (κ1) is 13.2. The first-order valence-corrected chi connectivity index (χ1v) is 7.10. The molecule has 1 N–H and O–H groups in total. The van der Waals surface area contributed by atoms with Crippen molar-refractivity contribution >= 4 is 28.6 Å². The van der Waals surface area contributed by atoms with Crippen LogP contribution in [0, 0.1) is 6.92 Å². The summed E-state index contributed by atoms with van der Waals surface area (Å²) in [6.45, 7) is 3.59. The fourth-order valence-electron chi connectivity index (χ4n) is 1.64. The van der Waals surface area contributed by atoms with Crippen LogP contribution in [0.1, 0.15) is 24.4 Å². The van der Waals surface area contributed by atoms with E-state index in [0.717, 1.165) is 23.0 Å². The number of thiophene rings is 1. The molecular formula is C12H14N2O2S2. The summed E-state index contributed by atoms with van der Waals surface area (Å²) in [6.07, 6.45) is 1.90. The van der Waals surface area contributed by atoms with Crippen molar-refractivity contribution in [3.8, 4) is 0 Å². The van der Waals surface area contributed by atoms with Gasteiger partial charge in [0.15, 0.2) is 0 Å². The Bertz CT molecular complexity index is 548. The van der Waals surface area contributed by atoms with E-state index in [4.69, 9.17) is 5.11 Å². The van der Waals surface area contributed by atoms with Crippen LogP contribution in [0.4, 0.5) is 0 Å². The summed E-state index contributed by atoms with van der Waals surface area (Å²) in [5.41, 5.74) is 0. The molecule has 2 aromatic rings. The molecule has 0 saturated heterocycles. The third-order valence-corrected chi connectivity index (χ3v) is 4.35. The molecule has 0 unspecified atom stereocenters. The van der Waals surface area contributed by atoms with E-state index in [1.54, 1.807) is 17.4 Å². The van der Waals surface area contributed by atoms with E-state index in [2.05, 4.69) is 9.88 Å². The molecule has 96 valence electrons. The lowest BCUT2D eigenvalue weighted by Gasteiger charge is -2.13. The maximum atomic E-state index is 10.8. The maximum Gasteiger partial charge on any atom is 0.345 e. The van der Waals surface area contributed by atoms with Gasteiger partial charge in [0.05, 0.1) is 5.01 Å². The van der Waals surface area contributed by atoms with Gasteiger partial charge in [0, 0.05) is 29.0 Å². The smallest absolute Gasteiger partial charge is 0.345 e. The number of carboxylic acid groups (broad SMARTS) is 1. The van der Waals surface area contributed by atoms with Gasteiger partial charge < -0.3 is 5.11 Å². The summed E-state index contributed by atoms with van der Waals surface area (Å²) in [5.74, 6) is -0.855. The second-order valence-electron chi connectivity index (χ2n) is 4.09. The normalized spacial score (nSPS) is 11.1. The van der Waals surface area contributed by atoms with Crippen molar-refractivity contribution in [2.45, 2.75) is 20.0 Å². The van der Waals surface area contributed by atoms with E-state index in [0.29, 0.717) is 4.88 Å². The molecule has 0 atom stereocenters. The SMILES string of the molecule is Cc1ncc(CN(C)Cc2ccc(C(=O)O)s2)s1. The van der Waals surface area contributed by atoms with E-state index in [9.17, 15) is 4.79 Å². The molecule has 0 amide bonds. The molecule has 0 radical (unpaired) electrons. The number of aryl methyl sites for hydroxylation is 1. The zero-order valence-electron chi connectivity index (χ0n) is 10.2. The summed E-state index contributed by atoms with van der Waals surface area (Å²) >= 11 is 3.02. The summed E-state index contributed by atoms with van der Waals surface area (Å²) in [7, 11) is 2.02. The molecule has 2 heterocycles. The van der Waals surface area contributed by atoms with Crippen LogP contribution >= 0.6 is 22.7 Å². The third-order valence-electron chi connectivity index (χ3n) is 2.39. The lowest BCUT2D eigenvalue weighted by Crippen LogP contribution is -2.15. The summed E-state index contributed by atoms with van der Waals surface area (Å²) in [4.78, 5) is 19.9. The molecule has 0 bridgehead atoms. The molecular weight excluding hydrogens is 268 g/mol. The largest absolute Gasteiger partial charge is 0.477 e. The van der Waals surface area contributed by atoms with Crippen LogP contribution in [-0.2, 0) is 13.1 Å². The highest BCUT2D eigenvalue weighted by Crippen LogP contribution is 2.20. The fraction of sp³-hybridized carbons (Fsp3) is 0.333. The van der Waals surface area contributed by atoms with E-state index >= 15 is 0 Å². The Hall–Kier alpha value is -1.24. The standard InChI is InChI=1S/C12H14N2O2S2/c1-8-13-5-10(17-8)7-14(2)6-9-3-4-11(18-9)12(15)16/h3-5H,6-7H2,1-2H3,(H,15,16). The van der Waals surface area contributed by atoms with Crippen LogP contribution in [-0.4, -0.2) is 28.0 Å². The Morgan fingerprint density at radius 1 is 1.33 bits per heavy atom. The highest BCUT2D eigenvalue weighted by molar-refractivity contribution is 7.13. The van der Waals surface area contributed by atoms with E-state index < -0.39 is 5.97 Å². The van der Waals surface area contributed by atoms with Gasteiger partial charge >= 0.3 is 5.97 Å². The average molecular weight is 282 g/mol. The van der Waals surface area contributed by atoms with Crippen molar-refractivity contribution in [3.05, 3.63) is 38.0 Å². The van der Waals surface area contributed by atoms with Crippen molar-refractivity contribution in [1.29, 1.82) is 0 Å². The van der Waals surface area contributed by atoms with Crippen molar-refractivity contribution in [2.75, 3.05) is 7.05 Å². The predicted molar refractivity (Wildman–Crippen MR) is 73.3 cm³/mol. The Balaban J connectivity index is 1.94. The van der Waals surface area contributed by atoms with Gasteiger partial charge in [0.25, 0.3) is 0 Å². The monoisotopic (exact) mass is 282 g/mol. The maximum absolute atomic E-state index is 10.8. The minimum Gasteiger partial charge on any atom is -0.477 e. The highest BCUT2D eigenvalue weighted by Gasteiger charge is 2.09. The van der Waals surface area contributed by atoms with Crippen LogP contribution in [0.3, 0.4) is 0 Å². The second kappa shape index (κ2) is 5.60. The first-order chi connectivity index (χ1) is 8.54. The average Bonchev–Trinajstić information content (AvgIpc) is 2.88. The van der Waals surface area contributed by atoms with Gasteiger partial charge in [-0.3, -0.25) is 4.90 Å². The van der Waals surface area contributed by atoms with Gasteiger partial charge in [-0.05, 0) is 26.1 Å². The Labute approximate surface area is 114 Å². The fourth-order valence-corrected chi connectivity index (χ4v) is 3.45. The molecule has 18 heavy (non-hydrogen) atoms. The minimum atomic E-state index is -0.855. The number of aromatic carboxylic acids is 1. The molecule has 0 aliphatic rings. The number of carboxylic acids is 1. The molecule has 0 spiro atoms. The third kappa shape index (κ3) is 3.38. The lowest BCUT2D eigenvalue weighted by molar-refractivity contribution is 0.0702. The number of rotatable bonds is 5. The van der Waals surface area contributed by atoms with Gasteiger partial charge in [-0.1, -0.05) is 0 Å². The zero-order valence-corrected chi connectivity index (χ0v) is 11.8. The molecule has 2 aromatic heterocycles. The van der Waals surface area contributed by atoms with E-state index in [1.807, 2.05) is 26.2 Å². The molecule has 0 fully saturated rings. The molecule has 0 aromatic carbocycles. The predicted octanol–water partition coefficient (Wildman–Crippen LogP) is 2.84. The van der Waals surface area contributed by atoms with E-state index in [1.165, 1.54) is 16.2 Å². The van der Waals surface area contributed by atoms with Gasteiger partial charge in [-0.2, -0.15) is 0 Å². The minimum absolute atomic E-state index is 0.395. The molecule has 0 aliphatic heterocycles. The van der Waals surface area contributed by atoms with Gasteiger partial charge in [0.2, 0.25) is 0 Å². The topological polar surface area (TPSA) is 53.4 Å². The summed E-state index contributed by atoms with van der Waals surface area (Å²) in [6, 6.07) is 3.54. The van der Waals surface area contributed by atoms with Gasteiger partial charge in [0.1, 0.15) is 4.88 Å². The number of carbonyl (C=O) groups is 1. The number of thiazole rings is 1. The molecule has 0 saturated carbocycles. The Morgan fingerprint density at radius 3 is 2.61 bits per heavy atom. The number of aromatic nitrogens is 1. The molecule has 2 rings (SSSR count). The van der Waals surface area contributed by atoms with Crippen LogP contribution in [0.25, 0.3) is 0 Å². The van der Waals surface area contributed by atoms with Gasteiger partial charge in [-0.15, -0.1) is 22.7 Å². The van der Waals surface area contributed by atoms with Crippen molar-refractivity contribution in [2.24, 2.45) is 0 Å². The summed E-state index contributed by atoms with van der Waals surface area (Å²) in [5, 5.41) is 9.93. The zero-order chi connectivity index (χ0) is 13.1. The molecule has 6 heteroatoms. The first-order valence-electron chi connectivity index (χ1n) is 5.46. The van der Waals surface area contributed by atoms with Crippen LogP contribution in [0.15, 0.2) is 18.3 Å². The summed E-state index contributed by atoms with van der Waals surface area (Å²) < 4.78 is 0. The Morgan fingerprint density at radius 2 is 2.06 bits per heavy atom. The van der Waals surface area contributed by atoms with E-state index in [-0.39, 0.29) is 0 Å². The highest BCUT2D eigenvalue weighted by atomic mass is 32.1. The van der Waals surface area contributed by atoms with Gasteiger partial charge in [-0.25, -0.2) is 9.78 Å². The number of hydrogen-bond acceptors (Lipinski definition) is 5. The van der Waals surface area contributed by atoms with Crippen LogP contribution in [0.5, 0.6) is 0 Å². The number of hydrogen-bond donors (Lipinski definition) is 1. The number of nitrogens with zero attached hydrogens (tertiary/aromatic N) is 2.